The first-order valence-corrected chi connectivity index (χ1v) is 5.51. The van der Waals surface area contributed by atoms with Gasteiger partial charge < -0.3 is 0 Å². The largest absolute Gasteiger partial charge is 0.294 e. The molecule has 0 fully saturated rings. The fourth-order valence-electron chi connectivity index (χ4n) is 1.18. The van der Waals surface area contributed by atoms with Crippen molar-refractivity contribution in [3.63, 3.8) is 0 Å². The number of ketones is 1. The standard InChI is InChI=1S/C9H7BrClNO3/c1-5(13)7-3-8(11)9(12(14)15)2-6(7)4-10/h2-3H,4H2,1H3. The molecule has 1 aromatic rings. The van der Waals surface area contributed by atoms with Gasteiger partial charge in [-0.15, -0.1) is 0 Å². The molecule has 0 N–H and O–H groups in total. The van der Waals surface area contributed by atoms with Crippen LogP contribution in [-0.4, -0.2) is 10.7 Å². The summed E-state index contributed by atoms with van der Waals surface area (Å²) in [7, 11) is 0. The molecule has 0 aliphatic heterocycles. The Kier molecular flexibility index (Phi) is 3.82. The van der Waals surface area contributed by atoms with Gasteiger partial charge in [-0.2, -0.15) is 0 Å². The number of hydrogen-bond donors (Lipinski definition) is 0. The molecule has 0 bridgehead atoms. The molecule has 80 valence electrons. The van der Waals surface area contributed by atoms with Crippen molar-refractivity contribution in [1.29, 1.82) is 0 Å². The monoisotopic (exact) mass is 291 g/mol. The summed E-state index contributed by atoms with van der Waals surface area (Å²) in [6.45, 7) is 1.39. The van der Waals surface area contributed by atoms with E-state index in [1.807, 2.05) is 0 Å². The van der Waals surface area contributed by atoms with Gasteiger partial charge in [0.1, 0.15) is 5.02 Å². The van der Waals surface area contributed by atoms with Crippen LogP contribution >= 0.6 is 27.5 Å². The molecule has 0 aliphatic carbocycles. The lowest BCUT2D eigenvalue weighted by Gasteiger charge is -2.04. The third-order valence-corrected chi connectivity index (χ3v) is 2.80. The van der Waals surface area contributed by atoms with Crippen LogP contribution < -0.4 is 0 Å². The number of carbonyl (C=O) groups is 1. The van der Waals surface area contributed by atoms with Gasteiger partial charge in [0.05, 0.1) is 4.92 Å². The van der Waals surface area contributed by atoms with Crippen molar-refractivity contribution in [1.82, 2.24) is 0 Å². The van der Waals surface area contributed by atoms with Crippen molar-refractivity contribution in [3.8, 4) is 0 Å². The van der Waals surface area contributed by atoms with Crippen molar-refractivity contribution in [2.24, 2.45) is 0 Å². The summed E-state index contributed by atoms with van der Waals surface area (Å²) in [4.78, 5) is 21.2. The Morgan fingerprint density at radius 3 is 2.60 bits per heavy atom. The molecule has 1 aromatic carbocycles. The first-order chi connectivity index (χ1) is 6.97. The lowest BCUT2D eigenvalue weighted by atomic mass is 10.0. The highest BCUT2D eigenvalue weighted by Crippen LogP contribution is 2.29. The van der Waals surface area contributed by atoms with Gasteiger partial charge in [-0.05, 0) is 18.6 Å². The zero-order valence-electron chi connectivity index (χ0n) is 7.79. The molecule has 0 spiro atoms. The smallest absolute Gasteiger partial charge is 0.288 e. The average molecular weight is 293 g/mol. The normalized spacial score (nSPS) is 10.1. The number of benzene rings is 1. The van der Waals surface area contributed by atoms with E-state index in [4.69, 9.17) is 11.6 Å². The molecule has 0 aromatic heterocycles. The van der Waals surface area contributed by atoms with Crippen LogP contribution in [0.1, 0.15) is 22.8 Å². The summed E-state index contributed by atoms with van der Waals surface area (Å²) in [6.07, 6.45) is 0. The van der Waals surface area contributed by atoms with Crippen LogP contribution in [0.25, 0.3) is 0 Å². The van der Waals surface area contributed by atoms with Gasteiger partial charge in [0.15, 0.2) is 5.78 Å². The number of alkyl halides is 1. The summed E-state index contributed by atoms with van der Waals surface area (Å²) in [6, 6.07) is 2.65. The minimum atomic E-state index is -0.571. The molecule has 1 rings (SSSR count). The van der Waals surface area contributed by atoms with Crippen LogP contribution in [-0.2, 0) is 5.33 Å². The molecule has 0 aliphatic rings. The lowest BCUT2D eigenvalue weighted by Crippen LogP contribution is -2.00. The Balaban J connectivity index is 3.42. The van der Waals surface area contributed by atoms with Crippen LogP contribution in [0.4, 0.5) is 5.69 Å². The van der Waals surface area contributed by atoms with E-state index in [-0.39, 0.29) is 16.5 Å². The second-order valence-electron chi connectivity index (χ2n) is 2.91. The summed E-state index contributed by atoms with van der Waals surface area (Å²) < 4.78 is 0. The van der Waals surface area contributed by atoms with Gasteiger partial charge in [-0.25, -0.2) is 0 Å². The minimum Gasteiger partial charge on any atom is -0.294 e. The van der Waals surface area contributed by atoms with Gasteiger partial charge in [-0.3, -0.25) is 14.9 Å². The summed E-state index contributed by atoms with van der Waals surface area (Å²) in [5.41, 5.74) is 0.789. The van der Waals surface area contributed by atoms with Gasteiger partial charge in [-0.1, -0.05) is 27.5 Å². The quantitative estimate of drug-likeness (QED) is 0.371. The van der Waals surface area contributed by atoms with Gasteiger partial charge in [0, 0.05) is 17.0 Å². The van der Waals surface area contributed by atoms with Crippen LogP contribution in [0.15, 0.2) is 12.1 Å². The van der Waals surface area contributed by atoms with Gasteiger partial charge in [0.2, 0.25) is 0 Å². The molecule has 0 atom stereocenters. The maximum atomic E-state index is 11.2. The predicted molar refractivity (Wildman–Crippen MR) is 60.7 cm³/mol. The zero-order chi connectivity index (χ0) is 11.6. The van der Waals surface area contributed by atoms with E-state index in [0.717, 1.165) is 0 Å². The van der Waals surface area contributed by atoms with Crippen molar-refractivity contribution >= 4 is 39.0 Å². The number of Topliss-reactive ketones (excluding diaryl/α,β-unsaturated/α-hetero) is 1. The Morgan fingerprint density at radius 2 is 2.20 bits per heavy atom. The van der Waals surface area contributed by atoms with Gasteiger partial charge >= 0.3 is 0 Å². The van der Waals surface area contributed by atoms with Crippen LogP contribution in [0, 0.1) is 10.1 Å². The number of nitrogens with zero attached hydrogens (tertiary/aromatic N) is 1. The number of rotatable bonds is 3. The third kappa shape index (κ3) is 2.54. The fraction of sp³-hybridized carbons (Fsp3) is 0.222. The summed E-state index contributed by atoms with van der Waals surface area (Å²) >= 11 is 8.85. The summed E-state index contributed by atoms with van der Waals surface area (Å²) in [5, 5.41) is 10.9. The van der Waals surface area contributed by atoms with E-state index in [2.05, 4.69) is 15.9 Å². The second kappa shape index (κ2) is 4.72. The molecule has 0 unspecified atom stereocenters. The Morgan fingerprint density at radius 1 is 1.60 bits per heavy atom. The number of nitro groups is 1. The third-order valence-electron chi connectivity index (χ3n) is 1.89. The average Bonchev–Trinajstić information content (AvgIpc) is 2.16. The molecule has 4 nitrogen and oxygen atoms in total. The van der Waals surface area contributed by atoms with E-state index in [1.54, 1.807) is 0 Å². The highest BCUT2D eigenvalue weighted by atomic mass is 79.9. The second-order valence-corrected chi connectivity index (χ2v) is 3.88. The molecule has 0 saturated heterocycles. The number of hydrogen-bond acceptors (Lipinski definition) is 3. The van der Waals surface area contributed by atoms with E-state index >= 15 is 0 Å². The Hall–Kier alpha value is -0.940. The fourth-order valence-corrected chi connectivity index (χ4v) is 1.88. The Bertz CT molecular complexity index is 434. The van der Waals surface area contributed by atoms with Crippen molar-refractivity contribution in [2.45, 2.75) is 12.3 Å². The van der Waals surface area contributed by atoms with Crippen molar-refractivity contribution < 1.29 is 9.72 Å². The maximum absolute atomic E-state index is 11.2. The topological polar surface area (TPSA) is 60.2 Å². The lowest BCUT2D eigenvalue weighted by molar-refractivity contribution is -0.384. The molecule has 15 heavy (non-hydrogen) atoms. The molecular formula is C9H7BrClNO3. The maximum Gasteiger partial charge on any atom is 0.288 e. The molecule has 0 heterocycles. The van der Waals surface area contributed by atoms with E-state index in [0.29, 0.717) is 16.5 Å². The first kappa shape index (κ1) is 12.1. The van der Waals surface area contributed by atoms with Gasteiger partial charge in [0.25, 0.3) is 5.69 Å². The first-order valence-electron chi connectivity index (χ1n) is 4.01. The number of carbonyl (C=O) groups excluding carboxylic acids is 1. The highest BCUT2D eigenvalue weighted by molar-refractivity contribution is 9.08. The van der Waals surface area contributed by atoms with E-state index < -0.39 is 4.92 Å². The SMILES string of the molecule is CC(=O)c1cc(Cl)c([N+](=O)[O-])cc1CBr. The number of halogens is 2. The highest BCUT2D eigenvalue weighted by Gasteiger charge is 2.17. The van der Waals surface area contributed by atoms with Crippen molar-refractivity contribution in [3.05, 3.63) is 38.4 Å². The Labute approximate surface area is 99.5 Å². The van der Waals surface area contributed by atoms with E-state index in [9.17, 15) is 14.9 Å². The molecule has 6 heteroatoms. The number of nitro benzene ring substituents is 1. The molecular weight excluding hydrogens is 285 g/mol. The zero-order valence-corrected chi connectivity index (χ0v) is 10.1. The summed E-state index contributed by atoms with van der Waals surface area (Å²) in [5.74, 6) is -0.166. The molecule has 0 amide bonds. The van der Waals surface area contributed by atoms with Crippen LogP contribution in [0.3, 0.4) is 0 Å². The van der Waals surface area contributed by atoms with E-state index in [1.165, 1.54) is 19.1 Å². The van der Waals surface area contributed by atoms with Crippen molar-refractivity contribution in [2.75, 3.05) is 0 Å². The van der Waals surface area contributed by atoms with Crippen LogP contribution in [0.2, 0.25) is 5.02 Å². The minimum absolute atomic E-state index is 0.0186. The predicted octanol–water partition coefficient (Wildman–Crippen LogP) is 3.35. The molecule has 0 radical (unpaired) electrons. The van der Waals surface area contributed by atoms with Crippen LogP contribution in [0.5, 0.6) is 0 Å². The molecule has 0 saturated carbocycles.